The molecule has 0 spiro atoms. The highest BCUT2D eigenvalue weighted by Gasteiger charge is 2.23. The molecule has 4 nitrogen and oxygen atoms in total. The molecular formula is C14H24N2O2S. The molecule has 0 radical (unpaired) electrons. The summed E-state index contributed by atoms with van der Waals surface area (Å²) < 4.78 is 5.34. The maximum atomic E-state index is 11.9. The molecule has 0 saturated carbocycles. The molecule has 0 aliphatic rings. The van der Waals surface area contributed by atoms with Crippen LogP contribution < -0.4 is 5.32 Å². The quantitative estimate of drug-likeness (QED) is 0.844. The third-order valence-electron chi connectivity index (χ3n) is 2.55. The Morgan fingerprint density at radius 3 is 2.58 bits per heavy atom. The summed E-state index contributed by atoms with van der Waals surface area (Å²) in [4.78, 5) is 17.5. The molecule has 0 aromatic carbocycles. The second-order valence-electron chi connectivity index (χ2n) is 5.66. The van der Waals surface area contributed by atoms with Crippen molar-refractivity contribution in [3.63, 3.8) is 0 Å². The van der Waals surface area contributed by atoms with Crippen molar-refractivity contribution in [1.29, 1.82) is 0 Å². The van der Waals surface area contributed by atoms with Crippen LogP contribution in [-0.4, -0.2) is 22.6 Å². The van der Waals surface area contributed by atoms with Gasteiger partial charge < -0.3 is 4.74 Å². The summed E-state index contributed by atoms with van der Waals surface area (Å²) in [5.41, 5.74) is -0.452. The van der Waals surface area contributed by atoms with Crippen LogP contribution in [0.3, 0.4) is 0 Å². The van der Waals surface area contributed by atoms with Gasteiger partial charge in [-0.2, -0.15) is 0 Å². The fraction of sp³-hybridized carbons (Fsp3) is 0.714. The van der Waals surface area contributed by atoms with E-state index >= 15 is 0 Å². The minimum atomic E-state index is -0.452. The zero-order valence-corrected chi connectivity index (χ0v) is 13.4. The van der Waals surface area contributed by atoms with Gasteiger partial charge in [0.15, 0.2) is 0 Å². The molecule has 0 saturated heterocycles. The number of carbonyl (C=O) groups is 1. The van der Waals surface area contributed by atoms with Crippen LogP contribution in [0, 0.1) is 0 Å². The molecule has 1 aromatic heterocycles. The van der Waals surface area contributed by atoms with E-state index in [2.05, 4.69) is 17.2 Å². The molecule has 2 atom stereocenters. The third kappa shape index (κ3) is 5.28. The molecule has 108 valence electrons. The van der Waals surface area contributed by atoms with Gasteiger partial charge in [0.1, 0.15) is 16.7 Å². The Morgan fingerprint density at radius 1 is 1.47 bits per heavy atom. The lowest BCUT2D eigenvalue weighted by molar-refractivity contribution is -0.157. The fourth-order valence-corrected chi connectivity index (χ4v) is 2.46. The van der Waals surface area contributed by atoms with E-state index < -0.39 is 5.60 Å². The Morgan fingerprint density at radius 2 is 2.11 bits per heavy atom. The van der Waals surface area contributed by atoms with E-state index in [1.807, 2.05) is 40.8 Å². The fourth-order valence-electron chi connectivity index (χ4n) is 1.59. The van der Waals surface area contributed by atoms with Crippen LogP contribution in [0.2, 0.25) is 0 Å². The number of aryl methyl sites for hydroxylation is 1. The topological polar surface area (TPSA) is 51.2 Å². The zero-order chi connectivity index (χ0) is 14.6. The van der Waals surface area contributed by atoms with Gasteiger partial charge in [-0.25, -0.2) is 4.98 Å². The third-order valence-corrected chi connectivity index (χ3v) is 3.88. The summed E-state index contributed by atoms with van der Waals surface area (Å²) in [6, 6.07) is -0.295. The van der Waals surface area contributed by atoms with Gasteiger partial charge in [-0.3, -0.25) is 10.1 Å². The predicted octanol–water partition coefficient (Wildman–Crippen LogP) is 3.09. The smallest absolute Gasteiger partial charge is 0.323 e. The molecule has 19 heavy (non-hydrogen) atoms. The molecule has 0 fully saturated rings. The van der Waals surface area contributed by atoms with Crippen molar-refractivity contribution >= 4 is 17.3 Å². The number of hydrogen-bond donors (Lipinski definition) is 1. The molecule has 0 aliphatic carbocycles. The highest BCUT2D eigenvalue weighted by Crippen LogP contribution is 2.21. The van der Waals surface area contributed by atoms with Crippen molar-refractivity contribution in [3.8, 4) is 0 Å². The molecule has 0 bridgehead atoms. The molecule has 1 aromatic rings. The van der Waals surface area contributed by atoms with E-state index in [9.17, 15) is 4.79 Å². The van der Waals surface area contributed by atoms with Crippen molar-refractivity contribution in [3.05, 3.63) is 16.1 Å². The Kier molecular flexibility index (Phi) is 5.50. The first-order valence-electron chi connectivity index (χ1n) is 6.66. The molecule has 5 heteroatoms. The van der Waals surface area contributed by atoms with Gasteiger partial charge in [0.25, 0.3) is 0 Å². The average Bonchev–Trinajstić information content (AvgIpc) is 2.75. The summed E-state index contributed by atoms with van der Waals surface area (Å²) in [5.74, 6) is -0.230. The van der Waals surface area contributed by atoms with Gasteiger partial charge in [-0.1, -0.05) is 6.92 Å². The molecule has 1 heterocycles. The van der Waals surface area contributed by atoms with Gasteiger partial charge >= 0.3 is 5.97 Å². The number of carbonyl (C=O) groups excluding carboxylic acids is 1. The van der Waals surface area contributed by atoms with E-state index in [-0.39, 0.29) is 18.1 Å². The number of ether oxygens (including phenoxy) is 1. The molecule has 1 rings (SSSR count). The maximum Gasteiger partial charge on any atom is 0.323 e. The number of hydrogen-bond acceptors (Lipinski definition) is 5. The number of nitrogens with one attached hydrogen (secondary N) is 1. The Hall–Kier alpha value is -0.940. The lowest BCUT2D eigenvalue weighted by Crippen LogP contribution is -2.40. The summed E-state index contributed by atoms with van der Waals surface area (Å²) in [6.45, 7) is 11.6. The zero-order valence-electron chi connectivity index (χ0n) is 12.6. The standard InChI is InChI=1S/C14H24N2O2S/c1-7-11-8-15-12(19-11)9(2)16-10(3)13(17)18-14(4,5)6/h8-10,16H,7H2,1-6H3. The Labute approximate surface area is 119 Å². The number of thiazole rings is 1. The van der Waals surface area contributed by atoms with Gasteiger partial charge in [0, 0.05) is 11.1 Å². The second-order valence-corrected chi connectivity index (χ2v) is 6.81. The van der Waals surface area contributed by atoms with Crippen LogP contribution >= 0.6 is 11.3 Å². The molecule has 2 unspecified atom stereocenters. The highest BCUT2D eigenvalue weighted by molar-refractivity contribution is 7.11. The van der Waals surface area contributed by atoms with E-state index in [1.165, 1.54) is 4.88 Å². The van der Waals surface area contributed by atoms with E-state index in [0.29, 0.717) is 0 Å². The highest BCUT2D eigenvalue weighted by atomic mass is 32.1. The van der Waals surface area contributed by atoms with Crippen molar-refractivity contribution in [1.82, 2.24) is 10.3 Å². The summed E-state index contributed by atoms with van der Waals surface area (Å²) in [5, 5.41) is 4.24. The summed E-state index contributed by atoms with van der Waals surface area (Å²) in [6.07, 6.45) is 2.89. The minimum absolute atomic E-state index is 0.0489. The number of esters is 1. The van der Waals surface area contributed by atoms with Crippen molar-refractivity contribution in [2.45, 2.75) is 65.6 Å². The van der Waals surface area contributed by atoms with Gasteiger partial charge in [-0.05, 0) is 41.0 Å². The molecule has 0 amide bonds. The van der Waals surface area contributed by atoms with E-state index in [0.717, 1.165) is 11.4 Å². The summed E-state index contributed by atoms with van der Waals surface area (Å²) in [7, 11) is 0. The van der Waals surface area contributed by atoms with Crippen LogP contribution in [0.1, 0.15) is 57.5 Å². The van der Waals surface area contributed by atoms with Crippen molar-refractivity contribution in [2.24, 2.45) is 0 Å². The lowest BCUT2D eigenvalue weighted by atomic mass is 10.2. The molecule has 1 N–H and O–H groups in total. The van der Waals surface area contributed by atoms with Crippen LogP contribution in [0.4, 0.5) is 0 Å². The largest absolute Gasteiger partial charge is 0.459 e. The second kappa shape index (κ2) is 6.48. The van der Waals surface area contributed by atoms with E-state index in [1.54, 1.807) is 11.3 Å². The first-order chi connectivity index (χ1) is 8.73. The SMILES string of the molecule is CCc1cnc(C(C)NC(C)C(=O)OC(C)(C)C)s1. The van der Waals surface area contributed by atoms with Crippen molar-refractivity contribution in [2.75, 3.05) is 0 Å². The number of rotatable bonds is 5. The van der Waals surface area contributed by atoms with Crippen LogP contribution in [0.5, 0.6) is 0 Å². The molecule has 0 aliphatic heterocycles. The van der Waals surface area contributed by atoms with Crippen molar-refractivity contribution < 1.29 is 9.53 Å². The molecular weight excluding hydrogens is 260 g/mol. The lowest BCUT2D eigenvalue weighted by Gasteiger charge is -2.24. The average molecular weight is 284 g/mol. The summed E-state index contributed by atoms with van der Waals surface area (Å²) >= 11 is 1.68. The number of nitrogens with zero attached hydrogens (tertiary/aromatic N) is 1. The number of aromatic nitrogens is 1. The maximum absolute atomic E-state index is 11.9. The Balaban J connectivity index is 2.56. The van der Waals surface area contributed by atoms with E-state index in [4.69, 9.17) is 4.74 Å². The normalized spacial score (nSPS) is 15.1. The van der Waals surface area contributed by atoms with Gasteiger partial charge in [0.2, 0.25) is 0 Å². The van der Waals surface area contributed by atoms with Crippen LogP contribution in [0.25, 0.3) is 0 Å². The predicted molar refractivity (Wildman–Crippen MR) is 78.3 cm³/mol. The van der Waals surface area contributed by atoms with Crippen LogP contribution in [0.15, 0.2) is 6.20 Å². The monoisotopic (exact) mass is 284 g/mol. The first-order valence-corrected chi connectivity index (χ1v) is 7.48. The Bertz CT molecular complexity index is 423. The van der Waals surface area contributed by atoms with Gasteiger partial charge in [-0.15, -0.1) is 11.3 Å². The van der Waals surface area contributed by atoms with Crippen LogP contribution in [-0.2, 0) is 16.0 Å². The van der Waals surface area contributed by atoms with Gasteiger partial charge in [0.05, 0.1) is 6.04 Å². The first kappa shape index (κ1) is 16.1. The minimum Gasteiger partial charge on any atom is -0.459 e.